The zero-order valence-electron chi connectivity index (χ0n) is 9.99. The first-order chi connectivity index (χ1) is 9.20. The summed E-state index contributed by atoms with van der Waals surface area (Å²) in [6.45, 7) is 0.0325. The highest BCUT2D eigenvalue weighted by Crippen LogP contribution is 2.22. The van der Waals surface area contributed by atoms with Gasteiger partial charge in [-0.25, -0.2) is 4.39 Å². The fourth-order valence-corrected chi connectivity index (χ4v) is 1.91. The van der Waals surface area contributed by atoms with Gasteiger partial charge in [0.25, 0.3) is 0 Å². The molecule has 0 fully saturated rings. The molecule has 0 saturated heterocycles. The van der Waals surface area contributed by atoms with E-state index < -0.39 is 5.95 Å². The Morgan fingerprint density at radius 1 is 1.16 bits per heavy atom. The lowest BCUT2D eigenvalue weighted by molar-refractivity contribution is 0.526. The standard InChI is InChI=1S/C14H12F2N2S/c15-8-13(16)17-9-14(19)18-12-7-3-5-10-4-1-2-6-11(10)12/h1-8,17H,9H2,(H,18,19)/b13-8+. The minimum atomic E-state index is -1.04. The first kappa shape index (κ1) is 13.4. The number of halogens is 2. The van der Waals surface area contributed by atoms with E-state index in [9.17, 15) is 8.78 Å². The minimum Gasteiger partial charge on any atom is -0.354 e. The van der Waals surface area contributed by atoms with Gasteiger partial charge in [-0.2, -0.15) is 4.39 Å². The zero-order valence-corrected chi connectivity index (χ0v) is 10.8. The molecule has 0 amide bonds. The van der Waals surface area contributed by atoms with Gasteiger partial charge in [0.15, 0.2) is 0 Å². The van der Waals surface area contributed by atoms with Crippen molar-refractivity contribution in [3.63, 3.8) is 0 Å². The Morgan fingerprint density at radius 2 is 1.89 bits per heavy atom. The van der Waals surface area contributed by atoms with Crippen LogP contribution >= 0.6 is 12.2 Å². The van der Waals surface area contributed by atoms with Gasteiger partial charge in [0, 0.05) is 11.1 Å². The van der Waals surface area contributed by atoms with Crippen LogP contribution in [-0.4, -0.2) is 11.5 Å². The lowest BCUT2D eigenvalue weighted by Gasteiger charge is -2.11. The molecule has 2 aromatic rings. The van der Waals surface area contributed by atoms with E-state index in [0.717, 1.165) is 16.5 Å². The third-order valence-electron chi connectivity index (χ3n) is 2.58. The highest BCUT2D eigenvalue weighted by molar-refractivity contribution is 7.80. The van der Waals surface area contributed by atoms with Crippen molar-refractivity contribution in [1.29, 1.82) is 0 Å². The molecule has 0 radical (unpaired) electrons. The summed E-state index contributed by atoms with van der Waals surface area (Å²) >= 11 is 5.08. The second-order valence-corrected chi connectivity index (χ2v) is 4.38. The molecule has 0 atom stereocenters. The quantitative estimate of drug-likeness (QED) is 0.655. The molecule has 0 spiro atoms. The lowest BCUT2D eigenvalue weighted by Crippen LogP contribution is -2.25. The van der Waals surface area contributed by atoms with Crippen LogP contribution in [0.2, 0.25) is 0 Å². The molecule has 0 unspecified atom stereocenters. The van der Waals surface area contributed by atoms with Crippen LogP contribution in [0, 0.1) is 0 Å². The molecule has 0 saturated carbocycles. The summed E-state index contributed by atoms with van der Waals surface area (Å²) in [5.74, 6) is -1.04. The van der Waals surface area contributed by atoms with E-state index in [1.807, 2.05) is 42.5 Å². The average molecular weight is 278 g/mol. The summed E-state index contributed by atoms with van der Waals surface area (Å²) < 4.78 is 24.4. The molecule has 0 aliphatic rings. The van der Waals surface area contributed by atoms with E-state index in [-0.39, 0.29) is 12.9 Å². The molecule has 0 aliphatic heterocycles. The Morgan fingerprint density at radius 3 is 2.68 bits per heavy atom. The van der Waals surface area contributed by atoms with E-state index in [1.54, 1.807) is 0 Å². The Kier molecular flexibility index (Phi) is 4.41. The Bertz CT molecular complexity index is 620. The predicted molar refractivity (Wildman–Crippen MR) is 78.5 cm³/mol. The number of thiocarbonyl (C=S) groups is 1. The van der Waals surface area contributed by atoms with E-state index in [2.05, 4.69) is 10.6 Å². The van der Waals surface area contributed by atoms with E-state index in [4.69, 9.17) is 12.2 Å². The normalized spacial score (nSPS) is 11.4. The molecular weight excluding hydrogens is 266 g/mol. The summed E-state index contributed by atoms with van der Waals surface area (Å²) in [5.41, 5.74) is 0.842. The second kappa shape index (κ2) is 6.24. The molecule has 0 bridgehead atoms. The Labute approximate surface area is 115 Å². The summed E-state index contributed by atoms with van der Waals surface area (Å²) in [4.78, 5) is 0.383. The summed E-state index contributed by atoms with van der Waals surface area (Å²) in [6, 6.07) is 13.6. The van der Waals surface area contributed by atoms with Crippen molar-refractivity contribution in [2.75, 3.05) is 11.9 Å². The van der Waals surface area contributed by atoms with Gasteiger partial charge in [-0.05, 0) is 11.5 Å². The largest absolute Gasteiger partial charge is 0.354 e. The van der Waals surface area contributed by atoms with Crippen LogP contribution in [0.3, 0.4) is 0 Å². The fourth-order valence-electron chi connectivity index (χ4n) is 1.73. The number of fused-ring (bicyclic) bond motifs is 1. The molecule has 0 aromatic heterocycles. The van der Waals surface area contributed by atoms with Crippen LogP contribution in [-0.2, 0) is 0 Å². The molecular formula is C14H12F2N2S. The maximum absolute atomic E-state index is 12.6. The van der Waals surface area contributed by atoms with Crippen LogP contribution < -0.4 is 10.6 Å². The molecule has 0 heterocycles. The molecule has 2 aromatic carbocycles. The molecule has 2 N–H and O–H groups in total. The van der Waals surface area contributed by atoms with Crippen molar-refractivity contribution >= 4 is 33.7 Å². The third kappa shape index (κ3) is 3.48. The van der Waals surface area contributed by atoms with Gasteiger partial charge in [-0.3, -0.25) is 0 Å². The topological polar surface area (TPSA) is 24.1 Å². The Hall–Kier alpha value is -2.01. The maximum atomic E-state index is 12.6. The van der Waals surface area contributed by atoms with Crippen LogP contribution in [0.15, 0.2) is 54.7 Å². The molecule has 0 aliphatic carbocycles. The van der Waals surface area contributed by atoms with Crippen LogP contribution in [0.5, 0.6) is 0 Å². The SMILES string of the molecule is F/C=C(\F)NCC(=S)Nc1cccc2ccccc12. The van der Waals surface area contributed by atoms with Gasteiger partial charge in [0.05, 0.1) is 11.5 Å². The van der Waals surface area contributed by atoms with Crippen molar-refractivity contribution in [2.24, 2.45) is 0 Å². The number of benzene rings is 2. The van der Waals surface area contributed by atoms with Crippen molar-refractivity contribution in [3.05, 3.63) is 54.7 Å². The van der Waals surface area contributed by atoms with Crippen molar-refractivity contribution < 1.29 is 8.78 Å². The first-order valence-corrected chi connectivity index (χ1v) is 6.09. The van der Waals surface area contributed by atoms with E-state index >= 15 is 0 Å². The van der Waals surface area contributed by atoms with Gasteiger partial charge in [0.1, 0.15) is 6.33 Å². The second-order valence-electron chi connectivity index (χ2n) is 3.89. The number of nitrogens with one attached hydrogen (secondary N) is 2. The molecule has 2 nitrogen and oxygen atoms in total. The molecule has 98 valence electrons. The van der Waals surface area contributed by atoms with E-state index in [1.165, 1.54) is 0 Å². The predicted octanol–water partition coefficient (Wildman–Crippen LogP) is 3.91. The van der Waals surface area contributed by atoms with Crippen molar-refractivity contribution in [1.82, 2.24) is 5.32 Å². The van der Waals surface area contributed by atoms with Gasteiger partial charge in [-0.1, -0.05) is 48.6 Å². The molecule has 19 heavy (non-hydrogen) atoms. The Balaban J connectivity index is 2.11. The first-order valence-electron chi connectivity index (χ1n) is 5.68. The zero-order chi connectivity index (χ0) is 13.7. The van der Waals surface area contributed by atoms with Crippen LogP contribution in [0.4, 0.5) is 14.5 Å². The number of anilines is 1. The van der Waals surface area contributed by atoms with E-state index in [0.29, 0.717) is 4.99 Å². The van der Waals surface area contributed by atoms with Crippen molar-refractivity contribution in [3.8, 4) is 0 Å². The van der Waals surface area contributed by atoms with Crippen molar-refractivity contribution in [2.45, 2.75) is 0 Å². The highest BCUT2D eigenvalue weighted by Gasteiger charge is 2.03. The number of rotatable bonds is 4. The van der Waals surface area contributed by atoms with Gasteiger partial charge in [-0.15, -0.1) is 0 Å². The summed E-state index contributed by atoms with van der Waals surface area (Å²) in [6.07, 6.45) is -0.138. The minimum absolute atomic E-state index is 0.0325. The maximum Gasteiger partial charge on any atom is 0.215 e. The molecule has 2 rings (SSSR count). The van der Waals surface area contributed by atoms with Crippen LogP contribution in [0.25, 0.3) is 10.8 Å². The van der Waals surface area contributed by atoms with Gasteiger partial charge in [0.2, 0.25) is 5.95 Å². The lowest BCUT2D eigenvalue weighted by atomic mass is 10.1. The van der Waals surface area contributed by atoms with Gasteiger partial charge < -0.3 is 10.6 Å². The number of hydrogen-bond donors (Lipinski definition) is 2. The highest BCUT2D eigenvalue weighted by atomic mass is 32.1. The third-order valence-corrected chi connectivity index (χ3v) is 2.82. The smallest absolute Gasteiger partial charge is 0.215 e. The van der Waals surface area contributed by atoms with Gasteiger partial charge >= 0.3 is 0 Å². The molecule has 5 heteroatoms. The number of hydrogen-bond acceptors (Lipinski definition) is 2. The van der Waals surface area contributed by atoms with Crippen LogP contribution in [0.1, 0.15) is 0 Å². The summed E-state index contributed by atoms with van der Waals surface area (Å²) in [5, 5.41) is 7.34. The fraction of sp³-hybridized carbons (Fsp3) is 0.0714. The summed E-state index contributed by atoms with van der Waals surface area (Å²) in [7, 11) is 0. The monoisotopic (exact) mass is 278 g/mol. The average Bonchev–Trinajstić information content (AvgIpc) is 2.45.